The van der Waals surface area contributed by atoms with Gasteiger partial charge in [-0.2, -0.15) is 0 Å². The Morgan fingerprint density at radius 2 is 1.97 bits per heavy atom. The van der Waals surface area contributed by atoms with Crippen molar-refractivity contribution >= 4 is 17.8 Å². The molecule has 0 bridgehead atoms. The van der Waals surface area contributed by atoms with Crippen molar-refractivity contribution in [3.63, 3.8) is 0 Å². The lowest BCUT2D eigenvalue weighted by Gasteiger charge is -2.26. The van der Waals surface area contributed by atoms with Crippen molar-refractivity contribution in [2.75, 3.05) is 32.2 Å². The van der Waals surface area contributed by atoms with Gasteiger partial charge in [0.15, 0.2) is 0 Å². The maximum Gasteiger partial charge on any atom is 0.255 e. The van der Waals surface area contributed by atoms with Gasteiger partial charge in [-0.1, -0.05) is 12.1 Å². The van der Waals surface area contributed by atoms with Crippen LogP contribution >= 0.6 is 0 Å². The van der Waals surface area contributed by atoms with E-state index < -0.39 is 12.1 Å². The standard InChI is InChI=1S/C28H32N6O5/c1-17(26(36)32-24(16-35)19-5-9-29-25(14-19)38-2)34-15-20-4-3-18(13-22(20)27(34)37)23-6-10-30-28(33-23)31-21-7-11-39-12-8-21/h3-6,9-10,13-14,17,21,24,35H,7-8,11-12,15-16H2,1-2H3,(H,32,36)(H,30,31,33)/t17?,24-/m1/s1. The van der Waals surface area contributed by atoms with Gasteiger partial charge in [0.25, 0.3) is 5.91 Å². The zero-order chi connectivity index (χ0) is 27.4. The number of aliphatic hydroxyl groups is 1. The molecule has 2 aliphatic heterocycles. The summed E-state index contributed by atoms with van der Waals surface area (Å²) in [5, 5.41) is 16.1. The predicted molar refractivity (Wildman–Crippen MR) is 143 cm³/mol. The molecule has 11 heteroatoms. The summed E-state index contributed by atoms with van der Waals surface area (Å²) in [6, 6.07) is 9.68. The van der Waals surface area contributed by atoms with Gasteiger partial charge < -0.3 is 30.1 Å². The number of aromatic nitrogens is 3. The van der Waals surface area contributed by atoms with Crippen LogP contribution in [0.4, 0.5) is 5.95 Å². The van der Waals surface area contributed by atoms with Gasteiger partial charge in [-0.25, -0.2) is 15.0 Å². The van der Waals surface area contributed by atoms with Crippen molar-refractivity contribution < 1.29 is 24.2 Å². The molecule has 2 amide bonds. The second-order valence-electron chi connectivity index (χ2n) is 9.65. The van der Waals surface area contributed by atoms with E-state index in [0.717, 1.165) is 37.2 Å². The maximum atomic E-state index is 13.4. The van der Waals surface area contributed by atoms with E-state index in [9.17, 15) is 14.7 Å². The number of hydrogen-bond donors (Lipinski definition) is 3. The molecule has 11 nitrogen and oxygen atoms in total. The number of benzene rings is 1. The van der Waals surface area contributed by atoms with Gasteiger partial charge in [0.1, 0.15) is 6.04 Å². The summed E-state index contributed by atoms with van der Waals surface area (Å²) in [6.45, 7) is 3.12. The molecule has 2 aliphatic rings. The Morgan fingerprint density at radius 3 is 2.74 bits per heavy atom. The molecule has 2 atom stereocenters. The van der Waals surface area contributed by atoms with Crippen LogP contribution in [0.2, 0.25) is 0 Å². The molecule has 4 heterocycles. The van der Waals surface area contributed by atoms with Crippen molar-refractivity contribution in [3.05, 3.63) is 65.5 Å². The molecule has 1 fully saturated rings. The first kappa shape index (κ1) is 26.5. The highest BCUT2D eigenvalue weighted by atomic mass is 16.5. The third-order valence-electron chi connectivity index (χ3n) is 7.16. The average Bonchev–Trinajstić information content (AvgIpc) is 3.31. The number of nitrogens with zero attached hydrogens (tertiary/aromatic N) is 4. The molecule has 2 aromatic heterocycles. The van der Waals surface area contributed by atoms with Crippen LogP contribution in [0, 0.1) is 0 Å². The number of hydrogen-bond acceptors (Lipinski definition) is 9. The van der Waals surface area contributed by atoms with Crippen LogP contribution in [0.1, 0.15) is 47.3 Å². The lowest BCUT2D eigenvalue weighted by molar-refractivity contribution is -0.126. The fourth-order valence-electron chi connectivity index (χ4n) is 4.83. The molecule has 0 spiro atoms. The van der Waals surface area contributed by atoms with Crippen molar-refractivity contribution in [2.45, 2.75) is 44.4 Å². The quantitative estimate of drug-likeness (QED) is 0.379. The summed E-state index contributed by atoms with van der Waals surface area (Å²) in [7, 11) is 1.50. The third kappa shape index (κ3) is 5.84. The lowest BCUT2D eigenvalue weighted by atomic mass is 10.0. The number of aliphatic hydroxyl groups excluding tert-OH is 1. The molecule has 0 saturated carbocycles. The van der Waals surface area contributed by atoms with Gasteiger partial charge in [-0.15, -0.1) is 0 Å². The van der Waals surface area contributed by atoms with E-state index in [0.29, 0.717) is 35.2 Å². The highest BCUT2D eigenvalue weighted by Gasteiger charge is 2.35. The fraction of sp³-hybridized carbons (Fsp3) is 0.393. The van der Waals surface area contributed by atoms with E-state index in [1.165, 1.54) is 12.0 Å². The first-order valence-electron chi connectivity index (χ1n) is 13.0. The Bertz CT molecular complexity index is 1350. The topological polar surface area (TPSA) is 139 Å². The van der Waals surface area contributed by atoms with Crippen LogP contribution in [0.3, 0.4) is 0 Å². The molecular weight excluding hydrogens is 500 g/mol. The van der Waals surface area contributed by atoms with E-state index in [1.54, 1.807) is 31.5 Å². The second kappa shape index (κ2) is 11.7. The van der Waals surface area contributed by atoms with E-state index in [-0.39, 0.29) is 24.5 Å². The molecule has 5 rings (SSSR count). The number of ether oxygens (including phenoxy) is 2. The van der Waals surface area contributed by atoms with Gasteiger partial charge in [0, 0.05) is 55.4 Å². The molecule has 0 aliphatic carbocycles. The smallest absolute Gasteiger partial charge is 0.255 e. The molecule has 0 radical (unpaired) electrons. The van der Waals surface area contributed by atoms with Crippen LogP contribution in [0.25, 0.3) is 11.3 Å². The average molecular weight is 533 g/mol. The third-order valence-corrected chi connectivity index (χ3v) is 7.16. The Morgan fingerprint density at radius 1 is 1.18 bits per heavy atom. The normalized spacial score (nSPS) is 16.9. The van der Waals surface area contributed by atoms with Crippen molar-refractivity contribution in [1.82, 2.24) is 25.2 Å². The van der Waals surface area contributed by atoms with Gasteiger partial charge in [-0.3, -0.25) is 9.59 Å². The number of methoxy groups -OCH3 is 1. The Kier molecular flexibility index (Phi) is 7.99. The number of amides is 2. The molecule has 1 unspecified atom stereocenters. The van der Waals surface area contributed by atoms with Crippen molar-refractivity contribution in [1.29, 1.82) is 0 Å². The molecule has 1 aromatic carbocycles. The van der Waals surface area contributed by atoms with Crippen LogP contribution in [0.5, 0.6) is 5.88 Å². The van der Waals surface area contributed by atoms with Crippen LogP contribution in [-0.4, -0.2) is 75.8 Å². The summed E-state index contributed by atoms with van der Waals surface area (Å²) in [6.07, 6.45) is 5.05. The van der Waals surface area contributed by atoms with E-state index >= 15 is 0 Å². The summed E-state index contributed by atoms with van der Waals surface area (Å²) < 4.78 is 10.6. The van der Waals surface area contributed by atoms with E-state index in [1.807, 2.05) is 24.3 Å². The number of carbonyl (C=O) groups is 2. The van der Waals surface area contributed by atoms with Crippen LogP contribution in [-0.2, 0) is 16.1 Å². The largest absolute Gasteiger partial charge is 0.481 e. The molecule has 39 heavy (non-hydrogen) atoms. The fourth-order valence-corrected chi connectivity index (χ4v) is 4.83. The van der Waals surface area contributed by atoms with Gasteiger partial charge in [-0.05, 0) is 49.1 Å². The number of nitrogens with one attached hydrogen (secondary N) is 2. The van der Waals surface area contributed by atoms with Crippen molar-refractivity contribution in [3.8, 4) is 17.1 Å². The Labute approximate surface area is 226 Å². The zero-order valence-electron chi connectivity index (χ0n) is 22.0. The molecule has 3 N–H and O–H groups in total. The van der Waals surface area contributed by atoms with Crippen LogP contribution < -0.4 is 15.4 Å². The molecule has 204 valence electrons. The number of anilines is 1. The van der Waals surface area contributed by atoms with Crippen molar-refractivity contribution in [2.24, 2.45) is 0 Å². The minimum atomic E-state index is -0.750. The Balaban J connectivity index is 1.28. The van der Waals surface area contributed by atoms with Crippen LogP contribution in [0.15, 0.2) is 48.8 Å². The summed E-state index contributed by atoms with van der Waals surface area (Å²) in [5.74, 6) is 0.328. The van der Waals surface area contributed by atoms with E-state index in [2.05, 4.69) is 25.6 Å². The summed E-state index contributed by atoms with van der Waals surface area (Å²) in [5.41, 5.74) is 3.54. The van der Waals surface area contributed by atoms with Gasteiger partial charge in [0.2, 0.25) is 17.7 Å². The number of fused-ring (bicyclic) bond motifs is 1. The molecule has 3 aromatic rings. The lowest BCUT2D eigenvalue weighted by Crippen LogP contribution is -2.46. The maximum absolute atomic E-state index is 13.4. The predicted octanol–water partition coefficient (Wildman–Crippen LogP) is 2.33. The first-order valence-corrected chi connectivity index (χ1v) is 13.0. The molecular formula is C28H32N6O5. The SMILES string of the molecule is COc1cc([C@@H](CO)NC(=O)C(C)N2Cc3ccc(-c4ccnc(NC5CCOCC5)n4)cc3C2=O)ccn1. The number of rotatable bonds is 9. The van der Waals surface area contributed by atoms with Gasteiger partial charge >= 0.3 is 0 Å². The van der Waals surface area contributed by atoms with Gasteiger partial charge in [0.05, 0.1) is 25.5 Å². The molecule has 1 saturated heterocycles. The Hall–Kier alpha value is -4.09. The first-order chi connectivity index (χ1) is 19.0. The number of pyridine rings is 1. The zero-order valence-corrected chi connectivity index (χ0v) is 22.0. The highest BCUT2D eigenvalue weighted by Crippen LogP contribution is 2.30. The highest BCUT2D eigenvalue weighted by molar-refractivity contribution is 6.02. The minimum Gasteiger partial charge on any atom is -0.481 e. The van der Waals surface area contributed by atoms with E-state index in [4.69, 9.17) is 9.47 Å². The second-order valence-corrected chi connectivity index (χ2v) is 9.65. The number of carbonyl (C=O) groups excluding carboxylic acids is 2. The monoisotopic (exact) mass is 532 g/mol. The minimum absolute atomic E-state index is 0.227. The summed E-state index contributed by atoms with van der Waals surface area (Å²) >= 11 is 0. The summed E-state index contributed by atoms with van der Waals surface area (Å²) in [4.78, 5) is 41.1.